The van der Waals surface area contributed by atoms with Gasteiger partial charge in [-0.3, -0.25) is 0 Å². The predicted molar refractivity (Wildman–Crippen MR) is 69.4 cm³/mol. The maximum Gasteiger partial charge on any atom is 0.0652 e. The molecular weight excluding hydrogens is 200 g/mol. The van der Waals surface area contributed by atoms with Gasteiger partial charge in [0.15, 0.2) is 0 Å². The second kappa shape index (κ2) is 7.86. The van der Waals surface area contributed by atoms with E-state index in [4.69, 9.17) is 0 Å². The van der Waals surface area contributed by atoms with Crippen molar-refractivity contribution in [1.82, 2.24) is 0 Å². The summed E-state index contributed by atoms with van der Waals surface area (Å²) in [5, 5.41) is 19.4. The first-order chi connectivity index (χ1) is 7.49. The van der Waals surface area contributed by atoms with Crippen LogP contribution in [0, 0.1) is 5.41 Å². The third-order valence-corrected chi connectivity index (χ3v) is 3.62. The van der Waals surface area contributed by atoms with E-state index in [9.17, 15) is 10.2 Å². The van der Waals surface area contributed by atoms with Gasteiger partial charge in [0.05, 0.1) is 12.7 Å². The lowest BCUT2D eigenvalue weighted by molar-refractivity contribution is 0.0136. The minimum Gasteiger partial charge on any atom is -0.395 e. The molecule has 0 spiro atoms. The zero-order valence-electron chi connectivity index (χ0n) is 11.1. The predicted octanol–water partition coefficient (Wildman–Crippen LogP) is 3.28. The first kappa shape index (κ1) is 15.7. The summed E-state index contributed by atoms with van der Waals surface area (Å²) in [5.41, 5.74) is 0.321. The molecule has 2 nitrogen and oxygen atoms in total. The van der Waals surface area contributed by atoms with Crippen LogP contribution in [0.2, 0.25) is 0 Å². The molecule has 96 valence electrons. The van der Waals surface area contributed by atoms with E-state index >= 15 is 0 Å². The molecule has 2 heteroatoms. The molecule has 0 amide bonds. The van der Waals surface area contributed by atoms with Crippen molar-refractivity contribution in [2.24, 2.45) is 5.41 Å². The van der Waals surface area contributed by atoms with Crippen molar-refractivity contribution in [3.8, 4) is 0 Å². The molecule has 16 heavy (non-hydrogen) atoms. The van der Waals surface area contributed by atoms with E-state index in [0.717, 1.165) is 18.4 Å². The summed E-state index contributed by atoms with van der Waals surface area (Å²) in [7, 11) is 0. The number of hydrogen-bond acceptors (Lipinski definition) is 2. The second-order valence-corrected chi connectivity index (χ2v) is 5.07. The van der Waals surface area contributed by atoms with Crippen LogP contribution in [0.5, 0.6) is 0 Å². The molecule has 2 N–H and O–H groups in total. The van der Waals surface area contributed by atoms with Crippen molar-refractivity contribution >= 4 is 0 Å². The van der Waals surface area contributed by atoms with Crippen LogP contribution in [-0.4, -0.2) is 22.9 Å². The molecule has 0 aliphatic heterocycles. The van der Waals surface area contributed by atoms with E-state index in [1.54, 1.807) is 0 Å². The molecule has 0 rings (SSSR count). The van der Waals surface area contributed by atoms with Gasteiger partial charge in [-0.05, 0) is 13.3 Å². The lowest BCUT2D eigenvalue weighted by Crippen LogP contribution is -2.36. The van der Waals surface area contributed by atoms with Crippen molar-refractivity contribution in [1.29, 1.82) is 0 Å². The van der Waals surface area contributed by atoms with Crippen molar-refractivity contribution in [2.45, 2.75) is 65.4 Å². The fourth-order valence-corrected chi connectivity index (χ4v) is 1.78. The fourth-order valence-electron chi connectivity index (χ4n) is 1.78. The molecule has 2 atom stereocenters. The van der Waals surface area contributed by atoms with E-state index in [0.29, 0.717) is 0 Å². The van der Waals surface area contributed by atoms with Crippen LogP contribution < -0.4 is 0 Å². The van der Waals surface area contributed by atoms with Crippen LogP contribution in [0.4, 0.5) is 0 Å². The largest absolute Gasteiger partial charge is 0.395 e. The van der Waals surface area contributed by atoms with Crippen LogP contribution in [-0.2, 0) is 0 Å². The maximum atomic E-state index is 10.1. The first-order valence-corrected chi connectivity index (χ1v) is 6.44. The van der Waals surface area contributed by atoms with E-state index < -0.39 is 11.5 Å². The Morgan fingerprint density at radius 2 is 1.81 bits per heavy atom. The van der Waals surface area contributed by atoms with Gasteiger partial charge in [-0.1, -0.05) is 58.1 Å². The smallest absolute Gasteiger partial charge is 0.0652 e. The number of rotatable bonds is 9. The lowest BCUT2D eigenvalue weighted by atomic mass is 9.77. The molecule has 0 aliphatic rings. The normalized spacial score (nSPS) is 16.8. The molecule has 0 aromatic rings. The maximum absolute atomic E-state index is 10.1. The number of unbranched alkanes of at least 4 members (excludes halogenated alkanes) is 4. The average Bonchev–Trinajstić information content (AvgIpc) is 2.27. The minimum atomic E-state index is -0.537. The summed E-state index contributed by atoms with van der Waals surface area (Å²) in [6.07, 6.45) is 6.24. The summed E-state index contributed by atoms with van der Waals surface area (Å²) >= 11 is 0. The van der Waals surface area contributed by atoms with Gasteiger partial charge < -0.3 is 10.2 Å². The van der Waals surface area contributed by atoms with Crippen LogP contribution in [0.1, 0.15) is 59.3 Å². The molecule has 0 bridgehead atoms. The van der Waals surface area contributed by atoms with Gasteiger partial charge in [-0.2, -0.15) is 0 Å². The van der Waals surface area contributed by atoms with Crippen molar-refractivity contribution in [3.05, 3.63) is 12.2 Å². The van der Waals surface area contributed by atoms with Gasteiger partial charge in [-0.25, -0.2) is 0 Å². The summed E-state index contributed by atoms with van der Waals surface area (Å²) in [6, 6.07) is 0. The van der Waals surface area contributed by atoms with Gasteiger partial charge >= 0.3 is 0 Å². The molecule has 0 unspecified atom stereocenters. The highest BCUT2D eigenvalue weighted by atomic mass is 16.3. The average molecular weight is 228 g/mol. The minimum absolute atomic E-state index is 0.0293. The monoisotopic (exact) mass is 228 g/mol. The Balaban J connectivity index is 3.94. The molecule has 0 fully saturated rings. The molecule has 0 aromatic heterocycles. The summed E-state index contributed by atoms with van der Waals surface area (Å²) in [6.45, 7) is 9.77. The zero-order chi connectivity index (χ0) is 12.6. The SMILES string of the molecule is C=C(C)[C@@](C)(CO)[C@H](O)CCCCCCC. The standard InChI is InChI=1S/C14H28O2/c1-5-6-7-8-9-10-13(16)14(4,11-15)12(2)3/h13,15-16H,2,5-11H2,1,3-4H3/t13-,14-/m1/s1. The van der Waals surface area contributed by atoms with E-state index in [-0.39, 0.29) is 6.61 Å². The van der Waals surface area contributed by atoms with Crippen LogP contribution in [0.3, 0.4) is 0 Å². The second-order valence-electron chi connectivity index (χ2n) is 5.07. The van der Waals surface area contributed by atoms with Crippen LogP contribution in [0.25, 0.3) is 0 Å². The lowest BCUT2D eigenvalue weighted by Gasteiger charge is -2.33. The number of aliphatic hydroxyl groups is 2. The topological polar surface area (TPSA) is 40.5 Å². The van der Waals surface area contributed by atoms with Crippen molar-refractivity contribution in [2.75, 3.05) is 6.61 Å². The van der Waals surface area contributed by atoms with Crippen LogP contribution in [0.15, 0.2) is 12.2 Å². The highest BCUT2D eigenvalue weighted by molar-refractivity contribution is 5.08. The third kappa shape index (κ3) is 4.67. The molecule has 0 saturated carbocycles. The first-order valence-electron chi connectivity index (χ1n) is 6.44. The van der Waals surface area contributed by atoms with Gasteiger partial charge in [0.2, 0.25) is 0 Å². The zero-order valence-corrected chi connectivity index (χ0v) is 11.1. The number of aliphatic hydroxyl groups excluding tert-OH is 2. The van der Waals surface area contributed by atoms with Gasteiger partial charge in [0.1, 0.15) is 0 Å². The van der Waals surface area contributed by atoms with Crippen molar-refractivity contribution < 1.29 is 10.2 Å². The Morgan fingerprint density at radius 3 is 2.25 bits per heavy atom. The van der Waals surface area contributed by atoms with Crippen LogP contribution >= 0.6 is 0 Å². The Hall–Kier alpha value is -0.340. The Bertz CT molecular complexity index is 201. The Morgan fingerprint density at radius 1 is 1.25 bits per heavy atom. The Kier molecular flexibility index (Phi) is 7.69. The highest BCUT2D eigenvalue weighted by Gasteiger charge is 2.32. The molecule has 0 radical (unpaired) electrons. The van der Waals surface area contributed by atoms with E-state index in [2.05, 4.69) is 13.5 Å². The van der Waals surface area contributed by atoms with E-state index in [1.165, 1.54) is 25.7 Å². The summed E-state index contributed by atoms with van der Waals surface area (Å²) in [5.74, 6) is 0. The van der Waals surface area contributed by atoms with Gasteiger partial charge in [-0.15, -0.1) is 0 Å². The molecule has 0 aliphatic carbocycles. The van der Waals surface area contributed by atoms with Gasteiger partial charge in [0, 0.05) is 5.41 Å². The Labute approximate surface area is 100 Å². The molecule has 0 heterocycles. The number of hydrogen-bond donors (Lipinski definition) is 2. The van der Waals surface area contributed by atoms with E-state index in [1.807, 2.05) is 13.8 Å². The highest BCUT2D eigenvalue weighted by Crippen LogP contribution is 2.31. The van der Waals surface area contributed by atoms with Gasteiger partial charge in [0.25, 0.3) is 0 Å². The molecule has 0 saturated heterocycles. The summed E-state index contributed by atoms with van der Waals surface area (Å²) < 4.78 is 0. The summed E-state index contributed by atoms with van der Waals surface area (Å²) in [4.78, 5) is 0. The molecule has 0 aromatic carbocycles. The molecular formula is C14H28O2. The quantitative estimate of drug-likeness (QED) is 0.469. The fraction of sp³-hybridized carbons (Fsp3) is 0.857. The van der Waals surface area contributed by atoms with Crippen molar-refractivity contribution in [3.63, 3.8) is 0 Å². The third-order valence-electron chi connectivity index (χ3n) is 3.62.